The Bertz CT molecular complexity index is 743. The molecule has 1 atom stereocenters. The minimum Gasteiger partial charge on any atom is -0.335 e. The second-order valence-corrected chi connectivity index (χ2v) is 5.83. The summed E-state index contributed by atoms with van der Waals surface area (Å²) < 4.78 is 64.8. The molecule has 0 fully saturated rings. The largest absolute Gasteiger partial charge is 0.453 e. The van der Waals surface area contributed by atoms with Gasteiger partial charge in [-0.25, -0.2) is 13.5 Å². The fourth-order valence-corrected chi connectivity index (χ4v) is 2.37. The summed E-state index contributed by atoms with van der Waals surface area (Å²) in [6.07, 6.45) is -4.80. The summed E-state index contributed by atoms with van der Waals surface area (Å²) in [7, 11) is 0. The average molecular weight is 367 g/mol. The van der Waals surface area contributed by atoms with Crippen molar-refractivity contribution in [1.82, 2.24) is 14.9 Å². The molecule has 12 heteroatoms. The number of aromatic nitrogens is 3. The molecule has 0 bridgehead atoms. The molecular formula is C12H10F5N5OS. The van der Waals surface area contributed by atoms with Crippen LogP contribution >= 0.6 is 11.8 Å². The van der Waals surface area contributed by atoms with Gasteiger partial charge < -0.3 is 11.2 Å². The van der Waals surface area contributed by atoms with E-state index in [2.05, 4.69) is 10.2 Å². The molecule has 0 aliphatic carbocycles. The van der Waals surface area contributed by atoms with Gasteiger partial charge in [0.25, 0.3) is 5.82 Å². The van der Waals surface area contributed by atoms with E-state index in [1.54, 1.807) is 0 Å². The van der Waals surface area contributed by atoms with Crippen molar-refractivity contribution in [2.45, 2.75) is 23.5 Å². The first-order valence-corrected chi connectivity index (χ1v) is 7.18. The number of rotatable bonds is 4. The number of para-hydroxylation sites is 1. The van der Waals surface area contributed by atoms with Crippen LogP contribution in [0.25, 0.3) is 0 Å². The number of carbonyl (C=O) groups excluding carboxylic acids is 1. The zero-order valence-corrected chi connectivity index (χ0v) is 12.8. The van der Waals surface area contributed by atoms with Crippen molar-refractivity contribution in [3.8, 4) is 0 Å². The summed E-state index contributed by atoms with van der Waals surface area (Å²) in [4.78, 5) is 12.0. The number of hydrogen-bond acceptors (Lipinski definition) is 5. The van der Waals surface area contributed by atoms with Crippen LogP contribution in [0, 0.1) is 11.6 Å². The van der Waals surface area contributed by atoms with Crippen LogP contribution < -0.4 is 11.2 Å². The van der Waals surface area contributed by atoms with Crippen LogP contribution in [0.15, 0.2) is 23.4 Å². The standard InChI is InChI=1S/C12H10F5N5OS/c1-5(9(23)19-8-6(13)3-2-4-7(8)14)24-11-21-20-10(22(11)18)12(15,16)17/h2-5H,18H2,1H3,(H,19,23). The van der Waals surface area contributed by atoms with Crippen molar-refractivity contribution in [2.24, 2.45) is 0 Å². The molecule has 2 aromatic rings. The molecule has 24 heavy (non-hydrogen) atoms. The monoisotopic (exact) mass is 367 g/mol. The number of nitrogen functional groups attached to an aromatic ring is 1. The van der Waals surface area contributed by atoms with Gasteiger partial charge in [-0.15, -0.1) is 10.2 Å². The second-order valence-electron chi connectivity index (χ2n) is 4.52. The molecule has 6 nitrogen and oxygen atoms in total. The number of carbonyl (C=O) groups is 1. The normalized spacial score (nSPS) is 12.9. The SMILES string of the molecule is CC(Sc1nnc(C(F)(F)F)n1N)C(=O)Nc1c(F)cccc1F. The van der Waals surface area contributed by atoms with Crippen LogP contribution in [0.2, 0.25) is 0 Å². The van der Waals surface area contributed by atoms with Crippen LogP contribution in [-0.2, 0) is 11.0 Å². The Balaban J connectivity index is 2.11. The lowest BCUT2D eigenvalue weighted by Crippen LogP contribution is -2.25. The summed E-state index contributed by atoms with van der Waals surface area (Å²) in [5.41, 5.74) is -0.653. The number of hydrogen-bond donors (Lipinski definition) is 2. The number of nitrogens with two attached hydrogens (primary N) is 1. The van der Waals surface area contributed by atoms with Crippen LogP contribution in [-0.4, -0.2) is 26.0 Å². The van der Waals surface area contributed by atoms with Gasteiger partial charge in [-0.05, 0) is 19.1 Å². The molecule has 2 rings (SSSR count). The topological polar surface area (TPSA) is 85.8 Å². The lowest BCUT2D eigenvalue weighted by atomic mass is 10.3. The van der Waals surface area contributed by atoms with Gasteiger partial charge >= 0.3 is 6.18 Å². The summed E-state index contributed by atoms with van der Waals surface area (Å²) in [6.45, 7) is 1.31. The highest BCUT2D eigenvalue weighted by Gasteiger charge is 2.38. The van der Waals surface area contributed by atoms with Crippen molar-refractivity contribution < 1.29 is 26.7 Å². The molecule has 0 radical (unpaired) electrons. The van der Waals surface area contributed by atoms with Gasteiger partial charge in [0.2, 0.25) is 11.1 Å². The van der Waals surface area contributed by atoms with Crippen LogP contribution in [0.1, 0.15) is 12.7 Å². The Kier molecular flexibility index (Phi) is 4.96. The third-order valence-electron chi connectivity index (χ3n) is 2.78. The van der Waals surface area contributed by atoms with E-state index in [9.17, 15) is 26.7 Å². The number of benzene rings is 1. The zero-order chi connectivity index (χ0) is 18.1. The van der Waals surface area contributed by atoms with Crippen molar-refractivity contribution in [2.75, 3.05) is 11.2 Å². The number of alkyl halides is 3. The molecule has 130 valence electrons. The molecular weight excluding hydrogens is 357 g/mol. The van der Waals surface area contributed by atoms with E-state index < -0.39 is 40.5 Å². The third-order valence-corrected chi connectivity index (χ3v) is 3.84. The predicted molar refractivity (Wildman–Crippen MR) is 75.5 cm³/mol. The van der Waals surface area contributed by atoms with Gasteiger partial charge in [0.05, 0.1) is 5.25 Å². The lowest BCUT2D eigenvalue weighted by molar-refractivity contribution is -0.146. The van der Waals surface area contributed by atoms with E-state index in [1.165, 1.54) is 6.92 Å². The fraction of sp³-hybridized carbons (Fsp3) is 0.250. The molecule has 0 aliphatic rings. The summed E-state index contributed by atoms with van der Waals surface area (Å²) in [6, 6.07) is 3.01. The number of amides is 1. The van der Waals surface area contributed by atoms with Crippen LogP contribution in [0.3, 0.4) is 0 Å². The average Bonchev–Trinajstić information content (AvgIpc) is 2.84. The van der Waals surface area contributed by atoms with Crippen molar-refractivity contribution in [3.63, 3.8) is 0 Å². The maximum absolute atomic E-state index is 13.5. The van der Waals surface area contributed by atoms with E-state index >= 15 is 0 Å². The van der Waals surface area contributed by atoms with E-state index in [0.29, 0.717) is 11.8 Å². The van der Waals surface area contributed by atoms with Crippen LogP contribution in [0.5, 0.6) is 0 Å². The fourth-order valence-electron chi connectivity index (χ4n) is 1.60. The van der Waals surface area contributed by atoms with E-state index in [1.807, 2.05) is 5.32 Å². The van der Waals surface area contributed by atoms with E-state index in [0.717, 1.165) is 18.2 Å². The van der Waals surface area contributed by atoms with Crippen molar-refractivity contribution in [3.05, 3.63) is 35.7 Å². The third kappa shape index (κ3) is 3.75. The zero-order valence-electron chi connectivity index (χ0n) is 11.9. The molecule has 1 aromatic heterocycles. The quantitative estimate of drug-likeness (QED) is 0.492. The smallest absolute Gasteiger partial charge is 0.335 e. The minimum atomic E-state index is -4.80. The first-order chi connectivity index (χ1) is 11.1. The molecule has 3 N–H and O–H groups in total. The Morgan fingerprint density at radius 3 is 2.38 bits per heavy atom. The maximum Gasteiger partial charge on any atom is 0.453 e. The Morgan fingerprint density at radius 1 is 1.29 bits per heavy atom. The summed E-state index contributed by atoms with van der Waals surface area (Å²) >= 11 is 0.554. The molecule has 0 saturated heterocycles. The highest BCUT2D eigenvalue weighted by atomic mass is 32.2. The van der Waals surface area contributed by atoms with Crippen molar-refractivity contribution in [1.29, 1.82) is 0 Å². The molecule has 0 saturated carbocycles. The van der Waals surface area contributed by atoms with Gasteiger partial charge in [0.1, 0.15) is 17.3 Å². The molecule has 1 unspecified atom stereocenters. The number of anilines is 1. The number of halogens is 5. The Hall–Kier alpha value is -2.37. The number of nitrogens with zero attached hydrogens (tertiary/aromatic N) is 3. The first-order valence-electron chi connectivity index (χ1n) is 6.30. The van der Waals surface area contributed by atoms with Gasteiger partial charge in [-0.2, -0.15) is 13.2 Å². The lowest BCUT2D eigenvalue weighted by Gasteiger charge is -2.12. The highest BCUT2D eigenvalue weighted by molar-refractivity contribution is 8.00. The molecule has 0 aliphatic heterocycles. The van der Waals surface area contributed by atoms with E-state index in [-0.39, 0.29) is 9.83 Å². The minimum absolute atomic E-state index is 0.193. The molecule has 1 amide bonds. The van der Waals surface area contributed by atoms with Gasteiger partial charge in [0, 0.05) is 0 Å². The molecule has 1 aromatic carbocycles. The number of nitrogens with one attached hydrogen (secondary N) is 1. The first kappa shape index (κ1) is 18.0. The van der Waals surface area contributed by atoms with Gasteiger partial charge in [-0.1, -0.05) is 17.8 Å². The summed E-state index contributed by atoms with van der Waals surface area (Å²) in [5.74, 6) is 0.990. The summed E-state index contributed by atoms with van der Waals surface area (Å²) in [5, 5.41) is 6.76. The van der Waals surface area contributed by atoms with Crippen molar-refractivity contribution >= 4 is 23.4 Å². The van der Waals surface area contributed by atoms with Gasteiger partial charge in [0.15, 0.2) is 0 Å². The predicted octanol–water partition coefficient (Wildman–Crippen LogP) is 2.41. The molecule has 1 heterocycles. The van der Waals surface area contributed by atoms with E-state index in [4.69, 9.17) is 5.84 Å². The van der Waals surface area contributed by atoms with Gasteiger partial charge in [-0.3, -0.25) is 4.79 Å². The molecule has 0 spiro atoms. The van der Waals surface area contributed by atoms with Crippen LogP contribution in [0.4, 0.5) is 27.6 Å². The highest BCUT2D eigenvalue weighted by Crippen LogP contribution is 2.30. The Labute approximate surface area is 136 Å². The Morgan fingerprint density at radius 2 is 1.88 bits per heavy atom. The number of thioether (sulfide) groups is 1. The second kappa shape index (κ2) is 6.63. The maximum atomic E-state index is 13.5.